The zero-order valence-electron chi connectivity index (χ0n) is 9.20. The van der Waals surface area contributed by atoms with Crippen LogP contribution in [0.3, 0.4) is 0 Å². The fourth-order valence-corrected chi connectivity index (χ4v) is 14.2. The summed E-state index contributed by atoms with van der Waals surface area (Å²) in [6.45, 7) is 4.51. The molecule has 1 rings (SSSR count). The Labute approximate surface area is 102 Å². The van der Waals surface area contributed by atoms with Crippen LogP contribution in [0.1, 0.15) is 46.0 Å². The Hall–Kier alpha value is 1.35. The molecule has 0 saturated heterocycles. The van der Waals surface area contributed by atoms with Crippen molar-refractivity contribution >= 4 is 39.0 Å². The average Bonchev–Trinajstić information content (AvgIpc) is 2.20. The summed E-state index contributed by atoms with van der Waals surface area (Å²) in [4.78, 5) is 0. The van der Waals surface area contributed by atoms with Crippen LogP contribution in [0, 0.1) is 0 Å². The third kappa shape index (κ3) is 3.73. The van der Waals surface area contributed by atoms with Crippen LogP contribution in [0.4, 0.5) is 0 Å². The smallest absolute Gasteiger partial charge is 0.0601 e. The zero-order chi connectivity index (χ0) is 10.4. The van der Waals surface area contributed by atoms with Crippen molar-refractivity contribution in [1.82, 2.24) is 0 Å². The molecule has 0 spiro atoms. The van der Waals surface area contributed by atoms with Crippen LogP contribution < -0.4 is 0 Å². The highest BCUT2D eigenvalue weighted by atomic mass is 33.2. The van der Waals surface area contributed by atoms with E-state index < -0.39 is 4.44 Å². The normalized spacial score (nSPS) is 19.9. The second-order valence-electron chi connectivity index (χ2n) is 3.67. The molecule has 14 heavy (non-hydrogen) atoms. The molecular formula is C10H21PS3. The first-order valence-corrected chi connectivity index (χ1v) is 11.7. The van der Waals surface area contributed by atoms with Crippen LogP contribution in [0.5, 0.6) is 0 Å². The molecule has 1 aliphatic rings. The van der Waals surface area contributed by atoms with E-state index in [0.717, 1.165) is 5.66 Å². The van der Waals surface area contributed by atoms with Gasteiger partial charge in [0.15, 0.2) is 0 Å². The van der Waals surface area contributed by atoms with Gasteiger partial charge in [0.1, 0.15) is 0 Å². The summed E-state index contributed by atoms with van der Waals surface area (Å²) >= 11 is 10.2. The van der Waals surface area contributed by atoms with Crippen LogP contribution in [0.25, 0.3) is 0 Å². The minimum Gasteiger partial charge on any atom is -0.114 e. The van der Waals surface area contributed by atoms with Gasteiger partial charge in [0.05, 0.1) is 4.44 Å². The van der Waals surface area contributed by atoms with Gasteiger partial charge in [-0.2, -0.15) is 0 Å². The summed E-state index contributed by atoms with van der Waals surface area (Å²) in [7, 11) is 0. The summed E-state index contributed by atoms with van der Waals surface area (Å²) in [6.07, 6.45) is 7.13. The summed E-state index contributed by atoms with van der Waals surface area (Å²) in [5.41, 5.74) is 0.890. The molecular weight excluding hydrogens is 247 g/mol. The fraction of sp³-hybridized carbons (Fsp3) is 1.00. The van der Waals surface area contributed by atoms with E-state index in [0.29, 0.717) is 0 Å². The maximum absolute atomic E-state index is 5.96. The molecule has 0 aromatic carbocycles. The van der Waals surface area contributed by atoms with Gasteiger partial charge >= 0.3 is 0 Å². The third-order valence-corrected chi connectivity index (χ3v) is 15.5. The summed E-state index contributed by atoms with van der Waals surface area (Å²) in [6, 6.07) is 0. The third-order valence-electron chi connectivity index (χ3n) is 2.64. The highest BCUT2D eigenvalue weighted by Gasteiger charge is 2.29. The van der Waals surface area contributed by atoms with E-state index in [1.54, 1.807) is 0 Å². The van der Waals surface area contributed by atoms with Crippen molar-refractivity contribution in [2.75, 3.05) is 11.5 Å². The molecule has 0 atom stereocenters. The molecule has 0 N–H and O–H groups in total. The Morgan fingerprint density at radius 1 is 1.07 bits per heavy atom. The van der Waals surface area contributed by atoms with E-state index in [1.165, 1.54) is 43.6 Å². The van der Waals surface area contributed by atoms with Crippen LogP contribution in [-0.4, -0.2) is 17.2 Å². The topological polar surface area (TPSA) is 0 Å². The number of hydrogen-bond acceptors (Lipinski definition) is 3. The molecule has 84 valence electrons. The molecule has 0 nitrogen and oxygen atoms in total. The lowest BCUT2D eigenvalue weighted by Crippen LogP contribution is -2.10. The SMILES string of the molecule is CCSP(=S)(SCC)C1CCCCC1. The predicted molar refractivity (Wildman–Crippen MR) is 77.4 cm³/mol. The van der Waals surface area contributed by atoms with Gasteiger partial charge < -0.3 is 0 Å². The first-order chi connectivity index (χ1) is 6.73. The lowest BCUT2D eigenvalue weighted by molar-refractivity contribution is 0.514. The molecule has 0 bridgehead atoms. The second-order valence-corrected chi connectivity index (χ2v) is 16.0. The lowest BCUT2D eigenvalue weighted by Gasteiger charge is -2.32. The van der Waals surface area contributed by atoms with Crippen LogP contribution in [0.2, 0.25) is 0 Å². The quantitative estimate of drug-likeness (QED) is 0.634. The van der Waals surface area contributed by atoms with Crippen molar-refractivity contribution < 1.29 is 0 Å². The van der Waals surface area contributed by atoms with E-state index in [-0.39, 0.29) is 0 Å². The Kier molecular flexibility index (Phi) is 6.55. The molecule has 0 radical (unpaired) electrons. The molecule has 1 fully saturated rings. The molecule has 1 saturated carbocycles. The van der Waals surface area contributed by atoms with Gasteiger partial charge in [-0.05, 0) is 24.3 Å². The maximum Gasteiger partial charge on any atom is 0.0601 e. The number of rotatable bonds is 5. The van der Waals surface area contributed by atoms with Crippen molar-refractivity contribution in [3.8, 4) is 0 Å². The summed E-state index contributed by atoms with van der Waals surface area (Å²) in [5.74, 6) is 2.42. The van der Waals surface area contributed by atoms with Gasteiger partial charge in [-0.1, -0.05) is 44.9 Å². The second kappa shape index (κ2) is 6.83. The fourth-order valence-electron chi connectivity index (χ4n) is 2.01. The van der Waals surface area contributed by atoms with Crippen LogP contribution in [0.15, 0.2) is 0 Å². The van der Waals surface area contributed by atoms with Crippen molar-refractivity contribution in [3.63, 3.8) is 0 Å². The minimum absolute atomic E-state index is 0.890. The van der Waals surface area contributed by atoms with Gasteiger partial charge in [0.2, 0.25) is 0 Å². The molecule has 0 unspecified atom stereocenters. The van der Waals surface area contributed by atoms with E-state index in [1.807, 2.05) is 0 Å². The monoisotopic (exact) mass is 268 g/mol. The van der Waals surface area contributed by atoms with Gasteiger partial charge in [-0.15, -0.1) is 22.8 Å². The lowest BCUT2D eigenvalue weighted by atomic mass is 10.0. The van der Waals surface area contributed by atoms with Gasteiger partial charge in [0, 0.05) is 5.66 Å². The molecule has 0 aromatic rings. The molecule has 0 aliphatic heterocycles. The van der Waals surface area contributed by atoms with Gasteiger partial charge in [-0.25, -0.2) is 0 Å². The predicted octanol–water partition coefficient (Wildman–Crippen LogP) is 5.13. The Morgan fingerprint density at radius 3 is 2.00 bits per heavy atom. The van der Waals surface area contributed by atoms with Crippen LogP contribution >= 0.6 is 27.2 Å². The molecule has 0 amide bonds. The average molecular weight is 268 g/mol. The Balaban J connectivity index is 2.59. The van der Waals surface area contributed by atoms with E-state index in [2.05, 4.69) is 36.6 Å². The molecule has 1 aliphatic carbocycles. The van der Waals surface area contributed by atoms with Gasteiger partial charge in [0.25, 0.3) is 0 Å². The molecule has 0 heterocycles. The summed E-state index contributed by atoms with van der Waals surface area (Å²) in [5, 5.41) is 0. The molecule has 0 aromatic heterocycles. The van der Waals surface area contributed by atoms with Crippen molar-refractivity contribution in [2.45, 2.75) is 51.6 Å². The number of hydrogen-bond donors (Lipinski definition) is 0. The van der Waals surface area contributed by atoms with Gasteiger partial charge in [-0.3, -0.25) is 0 Å². The van der Waals surface area contributed by atoms with E-state index in [4.69, 9.17) is 11.8 Å². The standard InChI is InChI=1S/C10H21PS3/c1-3-13-11(12,14-4-2)10-8-6-5-7-9-10/h10H,3-9H2,1-2H3. The van der Waals surface area contributed by atoms with Crippen molar-refractivity contribution in [3.05, 3.63) is 0 Å². The first-order valence-electron chi connectivity index (χ1n) is 5.61. The van der Waals surface area contributed by atoms with E-state index >= 15 is 0 Å². The van der Waals surface area contributed by atoms with Crippen molar-refractivity contribution in [1.29, 1.82) is 0 Å². The Bertz CT molecular complexity index is 190. The maximum atomic E-state index is 5.96. The largest absolute Gasteiger partial charge is 0.114 e. The minimum atomic E-state index is -1.13. The summed E-state index contributed by atoms with van der Waals surface area (Å²) < 4.78 is -1.13. The molecule has 4 heteroatoms. The van der Waals surface area contributed by atoms with Crippen LogP contribution in [-0.2, 0) is 11.8 Å². The Morgan fingerprint density at radius 2 is 1.57 bits per heavy atom. The highest BCUT2D eigenvalue weighted by molar-refractivity contribution is 9.00. The first kappa shape index (κ1) is 13.4. The zero-order valence-corrected chi connectivity index (χ0v) is 12.5. The highest BCUT2D eigenvalue weighted by Crippen LogP contribution is 2.74. The van der Waals surface area contributed by atoms with Crippen molar-refractivity contribution in [2.24, 2.45) is 0 Å². The van der Waals surface area contributed by atoms with E-state index in [9.17, 15) is 0 Å².